The number of carbonyl (C=O) groups is 1. The van der Waals surface area contributed by atoms with Crippen molar-refractivity contribution in [3.63, 3.8) is 0 Å². The topological polar surface area (TPSA) is 93.2 Å². The first kappa shape index (κ1) is 20.2. The van der Waals surface area contributed by atoms with Gasteiger partial charge < -0.3 is 10.2 Å². The molecule has 0 radical (unpaired) electrons. The first-order valence-electron chi connectivity index (χ1n) is 10.8. The van der Waals surface area contributed by atoms with Crippen LogP contribution in [-0.2, 0) is 4.79 Å². The van der Waals surface area contributed by atoms with E-state index in [1.807, 2.05) is 29.8 Å². The fourth-order valence-electron chi connectivity index (χ4n) is 4.36. The molecule has 5 rings (SSSR count). The van der Waals surface area contributed by atoms with Gasteiger partial charge in [-0.1, -0.05) is 6.07 Å². The van der Waals surface area contributed by atoms with Crippen molar-refractivity contribution in [3.8, 4) is 5.69 Å². The zero-order valence-electron chi connectivity index (χ0n) is 18.5. The maximum Gasteiger partial charge on any atom is 0.228 e. The highest BCUT2D eigenvalue weighted by molar-refractivity contribution is 5.92. The summed E-state index contributed by atoms with van der Waals surface area (Å²) in [6, 6.07) is 12.1. The standard InChI is InChI=1S/C23H26N8O/c1-15-10-16(2)12-19(11-15)31-17(3)13-20(27-31)25-23(32)18-6-8-29(9-7-18)22-5-4-21-26-24-14-30(21)28-22/h4-5,10-14,18H,6-9H2,1-3H3,(H,25,27,32). The molecule has 0 saturated carbocycles. The number of anilines is 2. The van der Waals surface area contributed by atoms with Gasteiger partial charge >= 0.3 is 0 Å². The van der Waals surface area contributed by atoms with Crippen LogP contribution in [0.3, 0.4) is 0 Å². The maximum atomic E-state index is 12.9. The Labute approximate surface area is 186 Å². The predicted octanol–water partition coefficient (Wildman–Crippen LogP) is 3.09. The van der Waals surface area contributed by atoms with E-state index >= 15 is 0 Å². The molecule has 4 heterocycles. The molecule has 1 fully saturated rings. The van der Waals surface area contributed by atoms with Gasteiger partial charge in [0.15, 0.2) is 11.5 Å². The molecule has 0 bridgehead atoms. The van der Waals surface area contributed by atoms with Crippen LogP contribution < -0.4 is 10.2 Å². The van der Waals surface area contributed by atoms with E-state index < -0.39 is 0 Å². The SMILES string of the molecule is Cc1cc(C)cc(-n2nc(NC(=O)C3CCN(c4ccc5nncn5n4)CC3)cc2C)c1. The number of piperidine rings is 1. The smallest absolute Gasteiger partial charge is 0.228 e. The van der Waals surface area contributed by atoms with Crippen LogP contribution in [0.25, 0.3) is 11.3 Å². The lowest BCUT2D eigenvalue weighted by Gasteiger charge is -2.31. The number of nitrogens with zero attached hydrogens (tertiary/aromatic N) is 7. The molecule has 0 aliphatic carbocycles. The van der Waals surface area contributed by atoms with Crippen LogP contribution in [-0.4, -0.2) is 48.6 Å². The van der Waals surface area contributed by atoms with Crippen LogP contribution in [0.5, 0.6) is 0 Å². The largest absolute Gasteiger partial charge is 0.355 e. The van der Waals surface area contributed by atoms with Gasteiger partial charge in [-0.15, -0.1) is 20.4 Å². The number of hydrogen-bond acceptors (Lipinski definition) is 6. The third kappa shape index (κ3) is 3.93. The summed E-state index contributed by atoms with van der Waals surface area (Å²) in [5.41, 5.74) is 5.08. The summed E-state index contributed by atoms with van der Waals surface area (Å²) in [5.74, 6) is 1.45. The Morgan fingerprint density at radius 2 is 1.75 bits per heavy atom. The van der Waals surface area contributed by atoms with Crippen LogP contribution >= 0.6 is 0 Å². The van der Waals surface area contributed by atoms with Crippen molar-refractivity contribution >= 4 is 23.2 Å². The van der Waals surface area contributed by atoms with E-state index in [0.29, 0.717) is 5.82 Å². The summed E-state index contributed by atoms with van der Waals surface area (Å²) in [7, 11) is 0. The second-order valence-corrected chi connectivity index (χ2v) is 8.50. The minimum absolute atomic E-state index is 0.0249. The second-order valence-electron chi connectivity index (χ2n) is 8.50. The first-order chi connectivity index (χ1) is 15.5. The summed E-state index contributed by atoms with van der Waals surface area (Å²) in [5, 5.41) is 20.1. The van der Waals surface area contributed by atoms with Gasteiger partial charge in [0.2, 0.25) is 5.91 Å². The Morgan fingerprint density at radius 3 is 2.50 bits per heavy atom. The number of aromatic nitrogens is 6. The van der Waals surface area contributed by atoms with Crippen molar-refractivity contribution < 1.29 is 4.79 Å². The molecule has 1 aliphatic rings. The van der Waals surface area contributed by atoms with E-state index in [1.54, 1.807) is 10.8 Å². The minimum Gasteiger partial charge on any atom is -0.355 e. The van der Waals surface area contributed by atoms with Crippen molar-refractivity contribution in [2.75, 3.05) is 23.3 Å². The van der Waals surface area contributed by atoms with Gasteiger partial charge in [0.25, 0.3) is 0 Å². The number of rotatable bonds is 4. The van der Waals surface area contributed by atoms with E-state index in [0.717, 1.165) is 48.8 Å². The molecule has 0 spiro atoms. The summed E-state index contributed by atoms with van der Waals surface area (Å²) in [4.78, 5) is 15.1. The molecular formula is C23H26N8O. The maximum absolute atomic E-state index is 12.9. The predicted molar refractivity (Wildman–Crippen MR) is 122 cm³/mol. The number of benzene rings is 1. The molecule has 0 atom stereocenters. The highest BCUT2D eigenvalue weighted by Gasteiger charge is 2.26. The van der Waals surface area contributed by atoms with Gasteiger partial charge in [0.05, 0.1) is 5.69 Å². The molecule has 4 aromatic rings. The summed E-state index contributed by atoms with van der Waals surface area (Å²) < 4.78 is 3.55. The summed E-state index contributed by atoms with van der Waals surface area (Å²) >= 11 is 0. The zero-order valence-corrected chi connectivity index (χ0v) is 18.5. The van der Waals surface area contributed by atoms with Crippen molar-refractivity contribution in [1.82, 2.24) is 29.6 Å². The fourth-order valence-corrected chi connectivity index (χ4v) is 4.36. The lowest BCUT2D eigenvalue weighted by Crippen LogP contribution is -2.38. The van der Waals surface area contributed by atoms with E-state index in [1.165, 1.54) is 11.1 Å². The second kappa shape index (κ2) is 8.07. The van der Waals surface area contributed by atoms with Gasteiger partial charge in [-0.05, 0) is 69.0 Å². The number of nitrogens with one attached hydrogen (secondary N) is 1. The number of amides is 1. The number of hydrogen-bond donors (Lipinski definition) is 1. The van der Waals surface area contributed by atoms with Gasteiger partial charge in [0.1, 0.15) is 12.1 Å². The molecule has 3 aromatic heterocycles. The van der Waals surface area contributed by atoms with Gasteiger partial charge in [0, 0.05) is 30.8 Å². The van der Waals surface area contributed by atoms with Gasteiger partial charge in [-0.2, -0.15) is 4.52 Å². The number of carbonyl (C=O) groups excluding carboxylic acids is 1. The Hall–Kier alpha value is -3.75. The lowest BCUT2D eigenvalue weighted by atomic mass is 9.96. The van der Waals surface area contributed by atoms with Crippen molar-refractivity contribution in [3.05, 3.63) is 59.5 Å². The molecule has 1 aliphatic heterocycles. The molecular weight excluding hydrogens is 404 g/mol. The quantitative estimate of drug-likeness (QED) is 0.535. The van der Waals surface area contributed by atoms with Gasteiger partial charge in [-0.25, -0.2) is 4.68 Å². The fraction of sp³-hybridized carbons (Fsp3) is 0.348. The molecule has 9 nitrogen and oxygen atoms in total. The van der Waals surface area contributed by atoms with Crippen LogP contribution in [0, 0.1) is 26.7 Å². The molecule has 1 saturated heterocycles. The third-order valence-corrected chi connectivity index (χ3v) is 5.93. The lowest BCUT2D eigenvalue weighted by molar-refractivity contribution is -0.120. The first-order valence-corrected chi connectivity index (χ1v) is 10.8. The van der Waals surface area contributed by atoms with Crippen molar-refractivity contribution in [1.29, 1.82) is 0 Å². The highest BCUT2D eigenvalue weighted by Crippen LogP contribution is 2.24. The number of aryl methyl sites for hydroxylation is 3. The average Bonchev–Trinajstić information content (AvgIpc) is 3.38. The normalized spacial score (nSPS) is 14.8. The summed E-state index contributed by atoms with van der Waals surface area (Å²) in [6.07, 6.45) is 3.13. The number of fused-ring (bicyclic) bond motifs is 1. The Bertz CT molecular complexity index is 1260. The van der Waals surface area contributed by atoms with Crippen LogP contribution in [0.2, 0.25) is 0 Å². The van der Waals surface area contributed by atoms with Crippen LogP contribution in [0.15, 0.2) is 42.7 Å². The molecule has 1 aromatic carbocycles. The molecule has 1 amide bonds. The zero-order chi connectivity index (χ0) is 22.2. The Morgan fingerprint density at radius 1 is 1.00 bits per heavy atom. The van der Waals surface area contributed by atoms with E-state index in [4.69, 9.17) is 0 Å². The Kier molecular flexibility index (Phi) is 5.08. The minimum atomic E-state index is -0.0448. The van der Waals surface area contributed by atoms with Crippen LogP contribution in [0.1, 0.15) is 29.7 Å². The van der Waals surface area contributed by atoms with Crippen molar-refractivity contribution in [2.24, 2.45) is 5.92 Å². The van der Waals surface area contributed by atoms with Crippen LogP contribution in [0.4, 0.5) is 11.6 Å². The molecule has 0 unspecified atom stereocenters. The Balaban J connectivity index is 1.23. The van der Waals surface area contributed by atoms with E-state index in [9.17, 15) is 4.79 Å². The molecule has 164 valence electrons. The summed E-state index contributed by atoms with van der Waals surface area (Å²) in [6.45, 7) is 7.69. The third-order valence-electron chi connectivity index (χ3n) is 5.93. The van der Waals surface area contributed by atoms with E-state index in [2.05, 4.69) is 62.7 Å². The average molecular weight is 431 g/mol. The van der Waals surface area contributed by atoms with Crippen molar-refractivity contribution in [2.45, 2.75) is 33.6 Å². The molecule has 9 heteroatoms. The molecule has 32 heavy (non-hydrogen) atoms. The van der Waals surface area contributed by atoms with E-state index in [-0.39, 0.29) is 11.8 Å². The molecule has 1 N–H and O–H groups in total. The van der Waals surface area contributed by atoms with Gasteiger partial charge in [-0.3, -0.25) is 4.79 Å². The highest BCUT2D eigenvalue weighted by atomic mass is 16.2. The monoisotopic (exact) mass is 430 g/mol.